The fourth-order valence-corrected chi connectivity index (χ4v) is 2.69. The quantitative estimate of drug-likeness (QED) is 0.871. The zero-order valence-electron chi connectivity index (χ0n) is 11.8. The highest BCUT2D eigenvalue weighted by atomic mass is 19.1. The van der Waals surface area contributed by atoms with Crippen LogP contribution >= 0.6 is 0 Å². The van der Waals surface area contributed by atoms with Crippen molar-refractivity contribution in [1.82, 2.24) is 10.2 Å². The molecule has 1 atom stereocenters. The summed E-state index contributed by atoms with van der Waals surface area (Å²) < 4.78 is 13.8. The van der Waals surface area contributed by atoms with Gasteiger partial charge in [-0.15, -0.1) is 0 Å². The van der Waals surface area contributed by atoms with Gasteiger partial charge in [-0.1, -0.05) is 32.0 Å². The van der Waals surface area contributed by atoms with Crippen molar-refractivity contribution < 1.29 is 4.39 Å². The van der Waals surface area contributed by atoms with Crippen molar-refractivity contribution in [2.45, 2.75) is 19.9 Å². The van der Waals surface area contributed by atoms with Crippen LogP contribution in [0.5, 0.6) is 0 Å². The number of nitrogens with two attached hydrogens (primary N) is 1. The second-order valence-electron chi connectivity index (χ2n) is 6.01. The van der Waals surface area contributed by atoms with E-state index in [-0.39, 0.29) is 17.3 Å². The van der Waals surface area contributed by atoms with Crippen LogP contribution in [0.25, 0.3) is 0 Å². The van der Waals surface area contributed by atoms with E-state index < -0.39 is 0 Å². The van der Waals surface area contributed by atoms with Gasteiger partial charge in [0.05, 0.1) is 0 Å². The van der Waals surface area contributed by atoms with Gasteiger partial charge in [-0.3, -0.25) is 0 Å². The zero-order valence-corrected chi connectivity index (χ0v) is 11.8. The van der Waals surface area contributed by atoms with E-state index in [4.69, 9.17) is 5.73 Å². The first-order chi connectivity index (χ1) is 9.00. The Morgan fingerprint density at radius 2 is 1.95 bits per heavy atom. The van der Waals surface area contributed by atoms with Crippen LogP contribution in [0.3, 0.4) is 0 Å². The van der Waals surface area contributed by atoms with Crippen LogP contribution in [-0.4, -0.2) is 37.6 Å². The maximum Gasteiger partial charge on any atom is 0.127 e. The van der Waals surface area contributed by atoms with Gasteiger partial charge < -0.3 is 16.0 Å². The second-order valence-corrected chi connectivity index (χ2v) is 6.01. The third-order valence-corrected chi connectivity index (χ3v) is 3.92. The summed E-state index contributed by atoms with van der Waals surface area (Å²) in [7, 11) is 0. The molecule has 0 bridgehead atoms. The van der Waals surface area contributed by atoms with Crippen molar-refractivity contribution >= 4 is 0 Å². The standard InChI is InChI=1S/C15H24FN3/c1-15(2,11-19-9-7-18-8-10-19)14(17)12-5-3-4-6-13(12)16/h3-6,14,18H,7-11,17H2,1-2H3. The Bertz CT molecular complexity index is 414. The average molecular weight is 265 g/mol. The maximum atomic E-state index is 13.8. The Balaban J connectivity index is 2.07. The van der Waals surface area contributed by atoms with Gasteiger partial charge in [0, 0.05) is 44.3 Å². The van der Waals surface area contributed by atoms with Gasteiger partial charge in [0.15, 0.2) is 0 Å². The van der Waals surface area contributed by atoms with Crippen LogP contribution in [0.1, 0.15) is 25.5 Å². The molecule has 0 aromatic heterocycles. The van der Waals surface area contributed by atoms with Crippen LogP contribution in [0, 0.1) is 11.2 Å². The minimum Gasteiger partial charge on any atom is -0.323 e. The number of rotatable bonds is 4. The molecule has 1 heterocycles. The number of piperazine rings is 1. The fraction of sp³-hybridized carbons (Fsp3) is 0.600. The monoisotopic (exact) mass is 265 g/mol. The first-order valence-corrected chi connectivity index (χ1v) is 6.94. The molecule has 1 aliphatic heterocycles. The highest BCUT2D eigenvalue weighted by molar-refractivity contribution is 5.22. The van der Waals surface area contributed by atoms with E-state index in [9.17, 15) is 4.39 Å². The molecule has 2 rings (SSSR count). The van der Waals surface area contributed by atoms with Crippen molar-refractivity contribution in [3.63, 3.8) is 0 Å². The van der Waals surface area contributed by atoms with E-state index in [1.165, 1.54) is 6.07 Å². The topological polar surface area (TPSA) is 41.3 Å². The lowest BCUT2D eigenvalue weighted by atomic mass is 9.80. The van der Waals surface area contributed by atoms with Gasteiger partial charge >= 0.3 is 0 Å². The summed E-state index contributed by atoms with van der Waals surface area (Å²) in [5.41, 5.74) is 6.77. The summed E-state index contributed by atoms with van der Waals surface area (Å²) in [6, 6.07) is 6.53. The second kappa shape index (κ2) is 5.99. The number of hydrogen-bond acceptors (Lipinski definition) is 3. The molecule has 3 N–H and O–H groups in total. The molecule has 4 heteroatoms. The Morgan fingerprint density at radius 3 is 2.58 bits per heavy atom. The number of benzene rings is 1. The van der Waals surface area contributed by atoms with Crippen LogP contribution in [0.2, 0.25) is 0 Å². The molecule has 19 heavy (non-hydrogen) atoms. The summed E-state index contributed by atoms with van der Waals surface area (Å²) in [4.78, 5) is 2.40. The van der Waals surface area contributed by atoms with Crippen LogP contribution in [0.4, 0.5) is 4.39 Å². The first-order valence-electron chi connectivity index (χ1n) is 6.94. The molecule has 0 spiro atoms. The average Bonchev–Trinajstić information content (AvgIpc) is 2.39. The SMILES string of the molecule is CC(C)(CN1CCNCC1)C(N)c1ccccc1F. The minimum atomic E-state index is -0.288. The Kier molecular flexibility index (Phi) is 4.55. The maximum absolute atomic E-state index is 13.8. The predicted molar refractivity (Wildman–Crippen MR) is 76.4 cm³/mol. The molecule has 0 amide bonds. The molecular weight excluding hydrogens is 241 g/mol. The molecular formula is C15H24FN3. The summed E-state index contributed by atoms with van der Waals surface area (Å²) in [6.45, 7) is 9.24. The molecule has 1 fully saturated rings. The Morgan fingerprint density at radius 1 is 1.32 bits per heavy atom. The minimum absolute atomic E-state index is 0.153. The van der Waals surface area contributed by atoms with Crippen molar-refractivity contribution in [2.75, 3.05) is 32.7 Å². The number of halogens is 1. The van der Waals surface area contributed by atoms with Crippen LogP contribution in [-0.2, 0) is 0 Å². The van der Waals surface area contributed by atoms with Gasteiger partial charge in [0.1, 0.15) is 5.82 Å². The lowest BCUT2D eigenvalue weighted by molar-refractivity contribution is 0.137. The van der Waals surface area contributed by atoms with Gasteiger partial charge in [-0.25, -0.2) is 4.39 Å². The van der Waals surface area contributed by atoms with Crippen molar-refractivity contribution in [3.8, 4) is 0 Å². The van der Waals surface area contributed by atoms with Gasteiger partial charge in [-0.05, 0) is 11.5 Å². The van der Waals surface area contributed by atoms with E-state index in [0.29, 0.717) is 5.56 Å². The lowest BCUT2D eigenvalue weighted by Gasteiger charge is -2.38. The van der Waals surface area contributed by atoms with Crippen molar-refractivity contribution in [3.05, 3.63) is 35.6 Å². The Hall–Kier alpha value is -0.970. The number of nitrogens with zero attached hydrogens (tertiary/aromatic N) is 1. The van der Waals surface area contributed by atoms with E-state index >= 15 is 0 Å². The molecule has 1 saturated heterocycles. The van der Waals surface area contributed by atoms with Crippen LogP contribution in [0.15, 0.2) is 24.3 Å². The van der Waals surface area contributed by atoms with E-state index in [0.717, 1.165) is 32.7 Å². The van der Waals surface area contributed by atoms with E-state index in [1.54, 1.807) is 12.1 Å². The largest absolute Gasteiger partial charge is 0.323 e. The normalized spacial score (nSPS) is 19.4. The number of nitrogens with one attached hydrogen (secondary N) is 1. The molecule has 0 radical (unpaired) electrons. The first kappa shape index (κ1) is 14.4. The molecule has 0 aliphatic carbocycles. The number of hydrogen-bond donors (Lipinski definition) is 2. The summed E-state index contributed by atoms with van der Waals surface area (Å²) >= 11 is 0. The van der Waals surface area contributed by atoms with Crippen molar-refractivity contribution in [1.29, 1.82) is 0 Å². The smallest absolute Gasteiger partial charge is 0.127 e. The van der Waals surface area contributed by atoms with Crippen LogP contribution < -0.4 is 11.1 Å². The predicted octanol–water partition coefficient (Wildman–Crippen LogP) is 1.76. The Labute approximate surface area is 115 Å². The highest BCUT2D eigenvalue weighted by Gasteiger charge is 2.31. The third-order valence-electron chi connectivity index (χ3n) is 3.92. The molecule has 106 valence electrons. The summed E-state index contributed by atoms with van der Waals surface area (Å²) in [5, 5.41) is 3.34. The van der Waals surface area contributed by atoms with E-state index in [2.05, 4.69) is 24.1 Å². The van der Waals surface area contributed by atoms with Gasteiger partial charge in [-0.2, -0.15) is 0 Å². The highest BCUT2D eigenvalue weighted by Crippen LogP contribution is 2.33. The zero-order chi connectivity index (χ0) is 13.9. The summed E-state index contributed by atoms with van der Waals surface area (Å²) in [6.07, 6.45) is 0. The molecule has 0 saturated carbocycles. The molecule has 1 unspecified atom stereocenters. The molecule has 1 aromatic rings. The van der Waals surface area contributed by atoms with Gasteiger partial charge in [0.25, 0.3) is 0 Å². The fourth-order valence-electron chi connectivity index (χ4n) is 2.69. The van der Waals surface area contributed by atoms with Crippen molar-refractivity contribution in [2.24, 2.45) is 11.1 Å². The van der Waals surface area contributed by atoms with Gasteiger partial charge in [0.2, 0.25) is 0 Å². The molecule has 1 aromatic carbocycles. The molecule has 3 nitrogen and oxygen atoms in total. The van der Waals surface area contributed by atoms with E-state index in [1.807, 2.05) is 6.07 Å². The lowest BCUT2D eigenvalue weighted by Crippen LogP contribution is -2.49. The molecule has 1 aliphatic rings. The third kappa shape index (κ3) is 3.53. The summed E-state index contributed by atoms with van der Waals surface area (Å²) in [5.74, 6) is -0.205.